The van der Waals surface area contributed by atoms with E-state index in [1.165, 1.54) is 18.3 Å². The van der Waals surface area contributed by atoms with Crippen molar-refractivity contribution in [1.29, 1.82) is 0 Å². The number of aromatic nitrogens is 2. The predicted molar refractivity (Wildman–Crippen MR) is 66.8 cm³/mol. The molecule has 0 aliphatic carbocycles. The van der Waals surface area contributed by atoms with Gasteiger partial charge in [0, 0.05) is 6.20 Å². The average Bonchev–Trinajstić information content (AvgIpc) is 2.30. The quantitative estimate of drug-likeness (QED) is 0.918. The molecule has 1 heterocycles. The summed E-state index contributed by atoms with van der Waals surface area (Å²) in [5, 5.41) is 13.1. The van der Waals surface area contributed by atoms with Crippen LogP contribution >= 0.6 is 23.2 Å². The Kier molecular flexibility index (Phi) is 3.36. The van der Waals surface area contributed by atoms with E-state index in [2.05, 4.69) is 5.10 Å². The molecular weight excluding hydrogens is 279 g/mol. The van der Waals surface area contributed by atoms with Gasteiger partial charge in [0.25, 0.3) is 5.56 Å². The number of carboxylic acids is 1. The third-order valence-electron chi connectivity index (χ3n) is 2.23. The van der Waals surface area contributed by atoms with Gasteiger partial charge in [-0.25, -0.2) is 4.79 Å². The SMILES string of the molecule is O=C(O)c1ccnn(-c2c(Cl)cccc2Cl)c1=O. The van der Waals surface area contributed by atoms with Gasteiger partial charge in [0.2, 0.25) is 0 Å². The standard InChI is InChI=1S/C11H6Cl2N2O3/c12-7-2-1-3-8(13)9(7)15-10(16)6(11(17)18)4-5-14-15/h1-5H,(H,17,18). The molecule has 7 heteroatoms. The molecule has 0 spiro atoms. The van der Waals surface area contributed by atoms with Crippen LogP contribution in [-0.2, 0) is 0 Å². The van der Waals surface area contributed by atoms with Gasteiger partial charge >= 0.3 is 5.97 Å². The van der Waals surface area contributed by atoms with E-state index in [1.807, 2.05) is 0 Å². The van der Waals surface area contributed by atoms with Gasteiger partial charge in [-0.05, 0) is 18.2 Å². The molecule has 0 unspecified atom stereocenters. The van der Waals surface area contributed by atoms with Gasteiger partial charge < -0.3 is 5.11 Å². The highest BCUT2D eigenvalue weighted by Gasteiger charge is 2.15. The molecule has 0 saturated carbocycles. The molecule has 1 aromatic heterocycles. The zero-order valence-electron chi connectivity index (χ0n) is 8.80. The van der Waals surface area contributed by atoms with Gasteiger partial charge in [-0.2, -0.15) is 9.78 Å². The first kappa shape index (κ1) is 12.6. The highest BCUT2D eigenvalue weighted by molar-refractivity contribution is 6.37. The van der Waals surface area contributed by atoms with Crippen LogP contribution < -0.4 is 5.56 Å². The third kappa shape index (κ3) is 2.10. The molecule has 0 amide bonds. The van der Waals surface area contributed by atoms with E-state index in [9.17, 15) is 9.59 Å². The summed E-state index contributed by atoms with van der Waals surface area (Å²) in [5.41, 5.74) is -1.03. The molecule has 2 aromatic rings. The Hall–Kier alpha value is -1.85. The van der Waals surface area contributed by atoms with Crippen molar-refractivity contribution in [2.45, 2.75) is 0 Å². The van der Waals surface area contributed by atoms with Crippen molar-refractivity contribution in [3.05, 3.63) is 56.4 Å². The fourth-order valence-electron chi connectivity index (χ4n) is 1.43. The van der Waals surface area contributed by atoms with Gasteiger partial charge in [-0.1, -0.05) is 29.3 Å². The van der Waals surface area contributed by atoms with Crippen molar-refractivity contribution in [2.75, 3.05) is 0 Å². The van der Waals surface area contributed by atoms with Crippen molar-refractivity contribution in [3.63, 3.8) is 0 Å². The maximum Gasteiger partial charge on any atom is 0.341 e. The van der Waals surface area contributed by atoms with E-state index < -0.39 is 17.1 Å². The summed E-state index contributed by atoms with van der Waals surface area (Å²) >= 11 is 11.9. The zero-order valence-corrected chi connectivity index (χ0v) is 10.3. The molecule has 0 atom stereocenters. The number of carboxylic acid groups (broad SMARTS) is 1. The average molecular weight is 285 g/mol. The highest BCUT2D eigenvalue weighted by atomic mass is 35.5. The molecule has 1 aromatic carbocycles. The summed E-state index contributed by atoms with van der Waals surface area (Å²) in [4.78, 5) is 22.8. The monoisotopic (exact) mass is 284 g/mol. The zero-order chi connectivity index (χ0) is 13.3. The van der Waals surface area contributed by atoms with E-state index in [4.69, 9.17) is 28.3 Å². The lowest BCUT2D eigenvalue weighted by atomic mass is 10.3. The lowest BCUT2D eigenvalue weighted by Gasteiger charge is -2.08. The van der Waals surface area contributed by atoms with Crippen molar-refractivity contribution in [1.82, 2.24) is 9.78 Å². The molecule has 5 nitrogen and oxygen atoms in total. The molecule has 0 fully saturated rings. The second kappa shape index (κ2) is 4.80. The molecule has 2 rings (SSSR count). The van der Waals surface area contributed by atoms with Crippen LogP contribution in [0.25, 0.3) is 5.69 Å². The van der Waals surface area contributed by atoms with Crippen molar-refractivity contribution in [2.24, 2.45) is 0 Å². The first-order valence-electron chi connectivity index (χ1n) is 4.78. The Morgan fingerprint density at radius 1 is 1.22 bits per heavy atom. The second-order valence-corrected chi connectivity index (χ2v) is 4.15. The van der Waals surface area contributed by atoms with E-state index in [0.29, 0.717) is 0 Å². The maximum atomic E-state index is 11.9. The van der Waals surface area contributed by atoms with E-state index in [0.717, 1.165) is 10.7 Å². The van der Waals surface area contributed by atoms with Crippen molar-refractivity contribution < 1.29 is 9.90 Å². The largest absolute Gasteiger partial charge is 0.477 e. The Bertz CT molecular complexity index is 662. The molecule has 0 aliphatic rings. The number of nitrogens with zero attached hydrogens (tertiary/aromatic N) is 2. The Labute approximate surface area is 111 Å². The molecule has 18 heavy (non-hydrogen) atoms. The fourth-order valence-corrected chi connectivity index (χ4v) is 1.98. The molecule has 92 valence electrons. The van der Waals surface area contributed by atoms with Gasteiger partial charge in [0.15, 0.2) is 0 Å². The number of halogens is 2. The summed E-state index contributed by atoms with van der Waals surface area (Å²) < 4.78 is 0.869. The van der Waals surface area contributed by atoms with Gasteiger partial charge in [-0.3, -0.25) is 4.79 Å². The molecular formula is C11H6Cl2N2O3. The molecule has 1 N–H and O–H groups in total. The first-order valence-corrected chi connectivity index (χ1v) is 5.54. The molecule has 0 radical (unpaired) electrons. The lowest BCUT2D eigenvalue weighted by molar-refractivity contribution is 0.0694. The predicted octanol–water partition coefficient (Wildman–Crippen LogP) is 2.24. The minimum Gasteiger partial charge on any atom is -0.477 e. The number of para-hydroxylation sites is 1. The first-order chi connectivity index (χ1) is 8.52. The smallest absolute Gasteiger partial charge is 0.341 e. The molecule has 0 saturated heterocycles. The van der Waals surface area contributed by atoms with E-state index >= 15 is 0 Å². The van der Waals surface area contributed by atoms with Crippen LogP contribution in [0.4, 0.5) is 0 Å². The van der Waals surface area contributed by atoms with Crippen LogP contribution in [0.5, 0.6) is 0 Å². The third-order valence-corrected chi connectivity index (χ3v) is 2.84. The minimum atomic E-state index is -1.33. The van der Waals surface area contributed by atoms with Crippen LogP contribution in [0.1, 0.15) is 10.4 Å². The van der Waals surface area contributed by atoms with E-state index in [-0.39, 0.29) is 15.7 Å². The second-order valence-electron chi connectivity index (χ2n) is 3.34. The minimum absolute atomic E-state index is 0.161. The van der Waals surface area contributed by atoms with Crippen LogP contribution in [0.2, 0.25) is 10.0 Å². The van der Waals surface area contributed by atoms with E-state index in [1.54, 1.807) is 6.07 Å². The summed E-state index contributed by atoms with van der Waals surface area (Å²) in [5.74, 6) is -1.33. The summed E-state index contributed by atoms with van der Waals surface area (Å²) in [6, 6.07) is 5.79. The van der Waals surface area contributed by atoms with Gasteiger partial charge in [-0.15, -0.1) is 0 Å². The van der Waals surface area contributed by atoms with Gasteiger partial charge in [0.05, 0.1) is 10.0 Å². The number of rotatable bonds is 2. The maximum absolute atomic E-state index is 11.9. The number of benzene rings is 1. The van der Waals surface area contributed by atoms with Crippen LogP contribution in [0, 0.1) is 0 Å². The van der Waals surface area contributed by atoms with Crippen molar-refractivity contribution in [3.8, 4) is 5.69 Å². The number of aromatic carboxylic acids is 1. The molecule has 0 aliphatic heterocycles. The normalized spacial score (nSPS) is 10.3. The fraction of sp³-hybridized carbons (Fsp3) is 0. The van der Waals surface area contributed by atoms with Gasteiger partial charge in [0.1, 0.15) is 11.3 Å². The van der Waals surface area contributed by atoms with Crippen LogP contribution in [0.15, 0.2) is 35.3 Å². The summed E-state index contributed by atoms with van der Waals surface area (Å²) in [6.07, 6.45) is 1.20. The number of hydrogen-bond donors (Lipinski definition) is 1. The number of hydrogen-bond acceptors (Lipinski definition) is 3. The highest BCUT2D eigenvalue weighted by Crippen LogP contribution is 2.26. The Morgan fingerprint density at radius 3 is 2.39 bits per heavy atom. The number of carbonyl (C=O) groups is 1. The Morgan fingerprint density at radius 2 is 1.83 bits per heavy atom. The van der Waals surface area contributed by atoms with Crippen molar-refractivity contribution >= 4 is 29.2 Å². The lowest BCUT2D eigenvalue weighted by Crippen LogP contribution is -2.27. The summed E-state index contributed by atoms with van der Waals surface area (Å²) in [7, 11) is 0. The Balaban J connectivity index is 2.77. The van der Waals surface area contributed by atoms with Crippen LogP contribution in [-0.4, -0.2) is 20.9 Å². The van der Waals surface area contributed by atoms with Crippen LogP contribution in [0.3, 0.4) is 0 Å². The molecule has 0 bridgehead atoms. The summed E-state index contributed by atoms with van der Waals surface area (Å²) in [6.45, 7) is 0. The topological polar surface area (TPSA) is 72.2 Å².